The standard InChI is InChI=1S/C16H32N2O2/c1-2-20-16(9-5-3-4-6-10-16)15(18-17)13-14-7-11-19-12-8-14/h14-15,18H,2-13,17H2,1H3. The molecule has 0 aromatic rings. The fourth-order valence-electron chi connectivity index (χ4n) is 3.96. The normalized spacial score (nSPS) is 26.1. The summed E-state index contributed by atoms with van der Waals surface area (Å²) < 4.78 is 11.7. The smallest absolute Gasteiger partial charge is 0.0848 e. The summed E-state index contributed by atoms with van der Waals surface area (Å²) in [4.78, 5) is 0. The van der Waals surface area contributed by atoms with Crippen LogP contribution in [0.5, 0.6) is 0 Å². The second-order valence-corrected chi connectivity index (χ2v) is 6.42. The molecule has 0 spiro atoms. The minimum atomic E-state index is -0.0433. The molecule has 0 bridgehead atoms. The van der Waals surface area contributed by atoms with Gasteiger partial charge in [-0.15, -0.1) is 0 Å². The minimum Gasteiger partial charge on any atom is -0.381 e. The molecule has 1 aliphatic heterocycles. The van der Waals surface area contributed by atoms with Crippen molar-refractivity contribution >= 4 is 0 Å². The van der Waals surface area contributed by atoms with Gasteiger partial charge in [-0.05, 0) is 44.9 Å². The predicted octanol–water partition coefficient (Wildman–Crippen LogP) is 2.76. The maximum absolute atomic E-state index is 6.27. The minimum absolute atomic E-state index is 0.0433. The molecule has 2 fully saturated rings. The first-order valence-corrected chi connectivity index (χ1v) is 8.48. The van der Waals surface area contributed by atoms with Crippen LogP contribution in [-0.2, 0) is 9.47 Å². The summed E-state index contributed by atoms with van der Waals surface area (Å²) >= 11 is 0. The van der Waals surface area contributed by atoms with E-state index in [1.54, 1.807) is 0 Å². The second kappa shape index (κ2) is 8.32. The number of nitrogens with two attached hydrogens (primary N) is 1. The second-order valence-electron chi connectivity index (χ2n) is 6.42. The first-order chi connectivity index (χ1) is 9.80. The molecule has 2 rings (SSSR count). The van der Waals surface area contributed by atoms with Gasteiger partial charge in [-0.1, -0.05) is 25.7 Å². The van der Waals surface area contributed by atoms with Crippen molar-refractivity contribution in [1.82, 2.24) is 5.43 Å². The molecule has 0 radical (unpaired) electrons. The molecule has 0 aromatic carbocycles. The van der Waals surface area contributed by atoms with Gasteiger partial charge in [0.1, 0.15) is 0 Å². The van der Waals surface area contributed by atoms with Gasteiger partial charge in [-0.3, -0.25) is 11.3 Å². The number of hydrazine groups is 1. The molecule has 1 aliphatic carbocycles. The van der Waals surface area contributed by atoms with Gasteiger partial charge < -0.3 is 9.47 Å². The Labute approximate surface area is 123 Å². The van der Waals surface area contributed by atoms with Crippen molar-refractivity contribution in [3.8, 4) is 0 Å². The van der Waals surface area contributed by atoms with Crippen LogP contribution in [0, 0.1) is 5.92 Å². The van der Waals surface area contributed by atoms with E-state index in [2.05, 4.69) is 12.3 Å². The van der Waals surface area contributed by atoms with Crippen molar-refractivity contribution in [1.29, 1.82) is 0 Å². The van der Waals surface area contributed by atoms with E-state index in [1.807, 2.05) is 0 Å². The SMILES string of the molecule is CCOC1(C(CC2CCOCC2)NN)CCCCCC1. The van der Waals surface area contributed by atoms with Crippen LogP contribution in [0.15, 0.2) is 0 Å². The number of nitrogens with one attached hydrogen (secondary N) is 1. The molecule has 118 valence electrons. The van der Waals surface area contributed by atoms with Crippen molar-refractivity contribution in [3.63, 3.8) is 0 Å². The number of rotatable bonds is 6. The number of hydrogen-bond acceptors (Lipinski definition) is 4. The molecule has 20 heavy (non-hydrogen) atoms. The summed E-state index contributed by atoms with van der Waals surface area (Å²) in [6, 6.07) is 0.281. The van der Waals surface area contributed by atoms with Gasteiger partial charge in [0.2, 0.25) is 0 Å². The molecule has 0 aromatic heterocycles. The molecule has 1 saturated heterocycles. The zero-order valence-electron chi connectivity index (χ0n) is 13.0. The molecule has 3 N–H and O–H groups in total. The van der Waals surface area contributed by atoms with Crippen LogP contribution in [0.2, 0.25) is 0 Å². The molecule has 4 nitrogen and oxygen atoms in total. The Bertz CT molecular complexity index is 259. The highest BCUT2D eigenvalue weighted by atomic mass is 16.5. The third-order valence-electron chi connectivity index (χ3n) is 5.13. The van der Waals surface area contributed by atoms with E-state index in [1.165, 1.54) is 38.5 Å². The molecule has 1 heterocycles. The van der Waals surface area contributed by atoms with Crippen molar-refractivity contribution in [2.24, 2.45) is 11.8 Å². The van der Waals surface area contributed by atoms with Crippen LogP contribution in [0.4, 0.5) is 0 Å². The van der Waals surface area contributed by atoms with Crippen LogP contribution in [0.25, 0.3) is 0 Å². The molecule has 1 unspecified atom stereocenters. The monoisotopic (exact) mass is 284 g/mol. The summed E-state index contributed by atoms with van der Waals surface area (Å²) in [6.07, 6.45) is 11.0. The zero-order valence-corrected chi connectivity index (χ0v) is 13.0. The number of ether oxygens (including phenoxy) is 2. The average molecular weight is 284 g/mol. The van der Waals surface area contributed by atoms with Gasteiger partial charge in [0.25, 0.3) is 0 Å². The summed E-state index contributed by atoms with van der Waals surface area (Å²) in [7, 11) is 0. The van der Waals surface area contributed by atoms with E-state index in [0.717, 1.165) is 45.0 Å². The van der Waals surface area contributed by atoms with E-state index >= 15 is 0 Å². The molecule has 2 aliphatic rings. The first kappa shape index (κ1) is 16.2. The maximum Gasteiger partial charge on any atom is 0.0848 e. The molecule has 0 amide bonds. The average Bonchev–Trinajstić information content (AvgIpc) is 2.73. The number of hydrogen-bond donors (Lipinski definition) is 2. The highest BCUT2D eigenvalue weighted by Gasteiger charge is 2.40. The summed E-state index contributed by atoms with van der Waals surface area (Å²) in [6.45, 7) is 4.70. The highest BCUT2D eigenvalue weighted by Crippen LogP contribution is 2.36. The lowest BCUT2D eigenvalue weighted by molar-refractivity contribution is -0.0845. The maximum atomic E-state index is 6.27. The fourth-order valence-corrected chi connectivity index (χ4v) is 3.96. The van der Waals surface area contributed by atoms with E-state index in [4.69, 9.17) is 15.3 Å². The summed E-state index contributed by atoms with van der Waals surface area (Å²) in [5.41, 5.74) is 3.06. The Balaban J connectivity index is 2.02. The van der Waals surface area contributed by atoms with Gasteiger partial charge in [-0.2, -0.15) is 0 Å². The Kier molecular flexibility index (Phi) is 6.75. The third-order valence-corrected chi connectivity index (χ3v) is 5.13. The van der Waals surface area contributed by atoms with Crippen LogP contribution in [0.1, 0.15) is 64.7 Å². The lowest BCUT2D eigenvalue weighted by Gasteiger charge is -2.41. The van der Waals surface area contributed by atoms with Crippen LogP contribution in [0.3, 0.4) is 0 Å². The lowest BCUT2D eigenvalue weighted by atomic mass is 9.80. The van der Waals surface area contributed by atoms with Gasteiger partial charge in [-0.25, -0.2) is 0 Å². The highest BCUT2D eigenvalue weighted by molar-refractivity contribution is 4.95. The van der Waals surface area contributed by atoms with Gasteiger partial charge in [0.15, 0.2) is 0 Å². The van der Waals surface area contributed by atoms with Crippen molar-refractivity contribution in [2.45, 2.75) is 76.4 Å². The zero-order chi connectivity index (χ0) is 14.3. The van der Waals surface area contributed by atoms with E-state index in [9.17, 15) is 0 Å². The Hall–Kier alpha value is -0.160. The van der Waals surface area contributed by atoms with Crippen molar-refractivity contribution in [2.75, 3.05) is 19.8 Å². The van der Waals surface area contributed by atoms with Crippen molar-refractivity contribution in [3.05, 3.63) is 0 Å². The molecule has 1 saturated carbocycles. The van der Waals surface area contributed by atoms with Gasteiger partial charge >= 0.3 is 0 Å². The first-order valence-electron chi connectivity index (χ1n) is 8.48. The van der Waals surface area contributed by atoms with E-state index in [0.29, 0.717) is 0 Å². The quantitative estimate of drug-likeness (QED) is 0.447. The Morgan fingerprint density at radius 3 is 2.40 bits per heavy atom. The molecule has 1 atom stereocenters. The van der Waals surface area contributed by atoms with Crippen LogP contribution >= 0.6 is 0 Å². The predicted molar refractivity (Wildman–Crippen MR) is 81.3 cm³/mol. The molecular formula is C16H32N2O2. The summed E-state index contributed by atoms with van der Waals surface area (Å²) in [5.74, 6) is 6.65. The fraction of sp³-hybridized carbons (Fsp3) is 1.00. The van der Waals surface area contributed by atoms with Crippen LogP contribution < -0.4 is 11.3 Å². The topological polar surface area (TPSA) is 56.5 Å². The van der Waals surface area contributed by atoms with E-state index in [-0.39, 0.29) is 11.6 Å². The Morgan fingerprint density at radius 2 is 1.85 bits per heavy atom. The van der Waals surface area contributed by atoms with Gasteiger partial charge in [0, 0.05) is 19.8 Å². The molecular weight excluding hydrogens is 252 g/mol. The largest absolute Gasteiger partial charge is 0.381 e. The van der Waals surface area contributed by atoms with E-state index < -0.39 is 0 Å². The van der Waals surface area contributed by atoms with Gasteiger partial charge in [0.05, 0.1) is 11.6 Å². The molecule has 4 heteroatoms. The Morgan fingerprint density at radius 1 is 1.20 bits per heavy atom. The lowest BCUT2D eigenvalue weighted by Crippen LogP contribution is -2.55. The third kappa shape index (κ3) is 4.17. The van der Waals surface area contributed by atoms with Crippen LogP contribution in [-0.4, -0.2) is 31.5 Å². The van der Waals surface area contributed by atoms with Crippen molar-refractivity contribution < 1.29 is 9.47 Å². The summed E-state index contributed by atoms with van der Waals surface area (Å²) in [5, 5.41) is 0.